The lowest BCUT2D eigenvalue weighted by atomic mass is 10.4. The van der Waals surface area contributed by atoms with E-state index in [9.17, 15) is 13.2 Å². The van der Waals surface area contributed by atoms with Crippen molar-refractivity contribution in [2.45, 2.75) is 13.8 Å². The normalized spacial score (nSPS) is 10.9. The molecule has 7 heteroatoms. The molecule has 0 aromatic rings. The first-order valence-electron chi connectivity index (χ1n) is 3.34. The van der Waals surface area contributed by atoms with Crippen molar-refractivity contribution in [3.05, 3.63) is 12.2 Å². The fraction of sp³-hybridized carbons (Fsp3) is 0.500. The summed E-state index contributed by atoms with van der Waals surface area (Å²) in [6.07, 6.45) is 0. The third-order valence-corrected chi connectivity index (χ3v) is 1.56. The van der Waals surface area contributed by atoms with Gasteiger partial charge in [0.15, 0.2) is 0 Å². The van der Waals surface area contributed by atoms with Gasteiger partial charge in [-0.3, -0.25) is 4.89 Å². The lowest BCUT2D eigenvalue weighted by molar-refractivity contribution is -0.210. The molecule has 0 spiro atoms. The molecule has 0 aliphatic rings. The first-order valence-corrected chi connectivity index (χ1v) is 4.67. The zero-order valence-electron chi connectivity index (χ0n) is 7.27. The molecule has 0 unspecified atom stereocenters. The van der Waals surface area contributed by atoms with Gasteiger partial charge in [0.25, 0.3) is 0 Å². The smallest absolute Gasteiger partial charge is 0.275 e. The molecule has 0 aromatic carbocycles. The molecule has 0 bridgehead atoms. The Kier molecular flexibility index (Phi) is 4.60. The first-order chi connectivity index (χ1) is 5.89. The van der Waals surface area contributed by atoms with Crippen molar-refractivity contribution in [3.63, 3.8) is 0 Å². The molecule has 0 saturated heterocycles. The molecule has 0 aliphatic heterocycles. The van der Waals surface area contributed by atoms with E-state index in [1.165, 1.54) is 13.8 Å². The van der Waals surface area contributed by atoms with Crippen LogP contribution in [0.3, 0.4) is 0 Å². The maximum absolute atomic E-state index is 10.6. The number of carbonyl (C=O) groups is 1. The third kappa shape index (κ3) is 5.34. The number of rotatable bonds is 5. The van der Waals surface area contributed by atoms with E-state index < -0.39 is 16.4 Å². The molecular formula is C6H10O6S. The van der Waals surface area contributed by atoms with Crippen LogP contribution in [-0.2, 0) is 28.6 Å². The Hall–Kier alpha value is -0.920. The second kappa shape index (κ2) is 4.95. The van der Waals surface area contributed by atoms with Crippen molar-refractivity contribution in [1.29, 1.82) is 0 Å². The molecule has 0 aliphatic carbocycles. The van der Waals surface area contributed by atoms with E-state index in [1.54, 1.807) is 0 Å². The number of carbonyl (C=O) groups excluding carboxylic acids is 1. The minimum absolute atomic E-state index is 0.0201. The van der Waals surface area contributed by atoms with Crippen LogP contribution in [0.4, 0.5) is 0 Å². The first kappa shape index (κ1) is 12.1. The fourth-order valence-corrected chi connectivity index (χ4v) is 0.781. The summed E-state index contributed by atoms with van der Waals surface area (Å²) >= 11 is 0. The predicted molar refractivity (Wildman–Crippen MR) is 42.5 cm³/mol. The number of hydrogen-bond donors (Lipinski definition) is 0. The van der Waals surface area contributed by atoms with Crippen molar-refractivity contribution in [1.82, 2.24) is 0 Å². The highest BCUT2D eigenvalue weighted by Crippen LogP contribution is 2.00. The summed E-state index contributed by atoms with van der Waals surface area (Å²) in [7, 11) is -4.24. The molecule has 0 atom stereocenters. The molecule has 0 heterocycles. The minimum atomic E-state index is -4.24. The molecule has 6 nitrogen and oxygen atoms in total. The van der Waals surface area contributed by atoms with Crippen LogP contribution in [0.15, 0.2) is 12.2 Å². The van der Waals surface area contributed by atoms with E-state index in [4.69, 9.17) is 0 Å². The van der Waals surface area contributed by atoms with E-state index in [0.717, 1.165) is 0 Å². The second-order valence-electron chi connectivity index (χ2n) is 2.03. The molecule has 0 amide bonds. The van der Waals surface area contributed by atoms with E-state index in [-0.39, 0.29) is 12.2 Å². The minimum Gasteiger partial charge on any atom is -0.275 e. The summed E-state index contributed by atoms with van der Waals surface area (Å²) in [5.74, 6) is -0.969. The van der Waals surface area contributed by atoms with E-state index in [1.807, 2.05) is 0 Å². The van der Waals surface area contributed by atoms with Gasteiger partial charge in [-0.15, -0.1) is 0 Å². The van der Waals surface area contributed by atoms with Crippen LogP contribution in [0, 0.1) is 0 Å². The molecule has 0 radical (unpaired) electrons. The highest BCUT2D eigenvalue weighted by molar-refractivity contribution is 7.81. The van der Waals surface area contributed by atoms with Crippen molar-refractivity contribution in [3.8, 4) is 0 Å². The second-order valence-corrected chi connectivity index (χ2v) is 3.22. The highest BCUT2D eigenvalue weighted by atomic mass is 32.3. The maximum Gasteiger partial charge on any atom is 0.435 e. The lowest BCUT2D eigenvalue weighted by Crippen LogP contribution is -2.14. The Balaban J connectivity index is 4.03. The molecule has 0 N–H and O–H groups in total. The SMILES string of the molecule is C=C(C)C(=O)OOS(=O)(=O)OCC. The summed E-state index contributed by atoms with van der Waals surface area (Å²) in [6, 6.07) is 0. The summed E-state index contributed by atoms with van der Waals surface area (Å²) in [5.41, 5.74) is 0.0201. The van der Waals surface area contributed by atoms with Gasteiger partial charge < -0.3 is 0 Å². The Bertz CT molecular complexity index is 290. The summed E-state index contributed by atoms with van der Waals surface area (Å²) in [6.45, 7) is 5.90. The topological polar surface area (TPSA) is 78.9 Å². The molecule has 0 saturated carbocycles. The largest absolute Gasteiger partial charge is 0.435 e. The highest BCUT2D eigenvalue weighted by Gasteiger charge is 2.15. The molecule has 76 valence electrons. The Labute approximate surface area is 76.3 Å². The summed E-state index contributed by atoms with van der Waals surface area (Å²) < 4.78 is 29.0. The van der Waals surface area contributed by atoms with Gasteiger partial charge in [-0.05, 0) is 18.2 Å². The zero-order chi connectivity index (χ0) is 10.5. The fourth-order valence-electron chi connectivity index (χ4n) is 0.308. The van der Waals surface area contributed by atoms with Crippen molar-refractivity contribution >= 4 is 16.4 Å². The summed E-state index contributed by atoms with van der Waals surface area (Å²) in [4.78, 5) is 14.5. The van der Waals surface area contributed by atoms with Crippen molar-refractivity contribution < 1.29 is 26.6 Å². The van der Waals surface area contributed by atoms with Crippen LogP contribution < -0.4 is 0 Å². The Morgan fingerprint density at radius 1 is 1.46 bits per heavy atom. The van der Waals surface area contributed by atoms with Gasteiger partial charge in [-0.1, -0.05) is 6.58 Å². The van der Waals surface area contributed by atoms with Crippen LogP contribution in [-0.4, -0.2) is 21.0 Å². The average Bonchev–Trinajstić information content (AvgIpc) is 2.00. The van der Waals surface area contributed by atoms with Gasteiger partial charge in [0.1, 0.15) is 0 Å². The maximum atomic E-state index is 10.6. The van der Waals surface area contributed by atoms with Crippen molar-refractivity contribution in [2.75, 3.05) is 6.61 Å². The van der Waals surface area contributed by atoms with E-state index >= 15 is 0 Å². The molecule has 0 fully saturated rings. The van der Waals surface area contributed by atoms with Gasteiger partial charge >= 0.3 is 16.4 Å². The Morgan fingerprint density at radius 2 is 2.00 bits per heavy atom. The van der Waals surface area contributed by atoms with Crippen LogP contribution in [0.25, 0.3) is 0 Å². The molecule has 13 heavy (non-hydrogen) atoms. The van der Waals surface area contributed by atoms with Gasteiger partial charge in [0, 0.05) is 5.57 Å². The van der Waals surface area contributed by atoms with E-state index in [2.05, 4.69) is 20.0 Å². The molecular weight excluding hydrogens is 200 g/mol. The monoisotopic (exact) mass is 210 g/mol. The predicted octanol–water partition coefficient (Wildman–Crippen LogP) is 0.319. The number of hydrogen-bond acceptors (Lipinski definition) is 6. The average molecular weight is 210 g/mol. The molecule has 0 rings (SSSR count). The third-order valence-electron chi connectivity index (χ3n) is 0.804. The standard InChI is InChI=1S/C6H10O6S/c1-4-10-13(8,9)12-11-6(7)5(2)3/h2,4H2,1,3H3. The van der Waals surface area contributed by atoms with Gasteiger partial charge in [0.2, 0.25) is 0 Å². The molecule has 0 aromatic heterocycles. The van der Waals surface area contributed by atoms with Crippen molar-refractivity contribution in [2.24, 2.45) is 0 Å². The van der Waals surface area contributed by atoms with Crippen LogP contribution in [0.1, 0.15) is 13.8 Å². The van der Waals surface area contributed by atoms with Crippen LogP contribution >= 0.6 is 0 Å². The van der Waals surface area contributed by atoms with Gasteiger partial charge in [0.05, 0.1) is 6.61 Å². The van der Waals surface area contributed by atoms with Crippen LogP contribution in [0.5, 0.6) is 0 Å². The van der Waals surface area contributed by atoms with Crippen LogP contribution in [0.2, 0.25) is 0 Å². The van der Waals surface area contributed by atoms with Gasteiger partial charge in [-0.25, -0.2) is 8.98 Å². The van der Waals surface area contributed by atoms with Gasteiger partial charge in [-0.2, -0.15) is 8.42 Å². The Morgan fingerprint density at radius 3 is 2.38 bits per heavy atom. The quantitative estimate of drug-likeness (QED) is 0.369. The lowest BCUT2D eigenvalue weighted by Gasteiger charge is -2.01. The van der Waals surface area contributed by atoms with E-state index in [0.29, 0.717) is 0 Å². The zero-order valence-corrected chi connectivity index (χ0v) is 8.09. The summed E-state index contributed by atoms with van der Waals surface area (Å²) in [5, 5.41) is 0.